The lowest BCUT2D eigenvalue weighted by atomic mass is 9.58. The first-order valence-electron chi connectivity index (χ1n) is 8.26. The number of aryl methyl sites for hydroxylation is 2. The van der Waals surface area contributed by atoms with Crippen LogP contribution in [0.15, 0.2) is 48.5 Å². The first-order valence-corrected chi connectivity index (χ1v) is 8.26. The lowest BCUT2D eigenvalue weighted by Gasteiger charge is -2.46. The molecule has 0 spiro atoms. The van der Waals surface area contributed by atoms with Crippen molar-refractivity contribution < 1.29 is 0 Å². The molecular weight excluding hydrogens is 264 g/mol. The molecule has 1 unspecified atom stereocenters. The van der Waals surface area contributed by atoms with Gasteiger partial charge in [-0.2, -0.15) is 0 Å². The van der Waals surface area contributed by atoms with Crippen molar-refractivity contribution in [3.8, 4) is 0 Å². The Morgan fingerprint density at radius 3 is 1.77 bits per heavy atom. The van der Waals surface area contributed by atoms with Crippen molar-refractivity contribution in [2.45, 2.75) is 54.4 Å². The molecule has 118 valence electrons. The number of hydrogen-bond donors (Lipinski definition) is 0. The molecular formula is C22H30. The Balaban J connectivity index is 2.65. The predicted octanol–water partition coefficient (Wildman–Crippen LogP) is 6.51. The van der Waals surface area contributed by atoms with Crippen LogP contribution in [0, 0.1) is 24.7 Å². The van der Waals surface area contributed by atoms with Crippen LogP contribution in [0.1, 0.15) is 62.8 Å². The van der Waals surface area contributed by atoms with Gasteiger partial charge < -0.3 is 0 Å². The Bertz CT molecular complexity index is 624. The van der Waals surface area contributed by atoms with E-state index >= 15 is 0 Å². The predicted molar refractivity (Wildman–Crippen MR) is 97.4 cm³/mol. The maximum absolute atomic E-state index is 2.41. The fourth-order valence-corrected chi connectivity index (χ4v) is 3.09. The summed E-state index contributed by atoms with van der Waals surface area (Å²) >= 11 is 0. The van der Waals surface area contributed by atoms with Gasteiger partial charge in [0.2, 0.25) is 0 Å². The minimum atomic E-state index is 0.147. The van der Waals surface area contributed by atoms with E-state index in [1.54, 1.807) is 0 Å². The van der Waals surface area contributed by atoms with E-state index in [4.69, 9.17) is 0 Å². The molecule has 2 aromatic rings. The average Bonchev–Trinajstić information content (AvgIpc) is 2.42. The molecule has 0 aliphatic rings. The van der Waals surface area contributed by atoms with Gasteiger partial charge in [-0.3, -0.25) is 0 Å². The molecule has 1 atom stereocenters. The normalized spacial score (nSPS) is 14.0. The van der Waals surface area contributed by atoms with Gasteiger partial charge in [0, 0.05) is 5.92 Å². The highest BCUT2D eigenvalue weighted by Crippen LogP contribution is 2.52. The van der Waals surface area contributed by atoms with E-state index in [9.17, 15) is 0 Å². The van der Waals surface area contributed by atoms with E-state index in [1.807, 2.05) is 0 Å². The molecule has 0 aliphatic heterocycles. The maximum atomic E-state index is 2.41. The van der Waals surface area contributed by atoms with Crippen LogP contribution in [0.5, 0.6) is 0 Å². The molecule has 0 bridgehead atoms. The highest BCUT2D eigenvalue weighted by molar-refractivity contribution is 5.40. The molecule has 0 aliphatic carbocycles. The number of benzene rings is 2. The van der Waals surface area contributed by atoms with Gasteiger partial charge in [-0.15, -0.1) is 0 Å². The summed E-state index contributed by atoms with van der Waals surface area (Å²) in [6.45, 7) is 16.3. The Morgan fingerprint density at radius 1 is 0.727 bits per heavy atom. The molecule has 0 saturated heterocycles. The van der Waals surface area contributed by atoms with Gasteiger partial charge >= 0.3 is 0 Å². The third kappa shape index (κ3) is 3.11. The van der Waals surface area contributed by atoms with E-state index < -0.39 is 0 Å². The van der Waals surface area contributed by atoms with Crippen LogP contribution in [-0.2, 0) is 0 Å². The van der Waals surface area contributed by atoms with Gasteiger partial charge in [-0.25, -0.2) is 0 Å². The van der Waals surface area contributed by atoms with Crippen LogP contribution in [0.25, 0.3) is 0 Å². The molecule has 0 fully saturated rings. The largest absolute Gasteiger partial charge is 0.0620 e. The second kappa shape index (κ2) is 5.91. The zero-order valence-electron chi connectivity index (χ0n) is 15.2. The zero-order valence-corrected chi connectivity index (χ0v) is 15.2. The number of rotatable bonds is 3. The molecule has 0 N–H and O–H groups in total. The lowest BCUT2D eigenvalue weighted by Crippen LogP contribution is -2.36. The molecule has 22 heavy (non-hydrogen) atoms. The quantitative estimate of drug-likeness (QED) is 0.605. The third-order valence-corrected chi connectivity index (χ3v) is 5.56. The molecule has 0 amide bonds. The van der Waals surface area contributed by atoms with Crippen LogP contribution in [-0.4, -0.2) is 0 Å². The van der Waals surface area contributed by atoms with E-state index in [2.05, 4.69) is 97.0 Å². The molecule has 0 radical (unpaired) electrons. The van der Waals surface area contributed by atoms with E-state index in [0.717, 1.165) is 0 Å². The summed E-state index contributed by atoms with van der Waals surface area (Å²) in [7, 11) is 0. The fourth-order valence-electron chi connectivity index (χ4n) is 3.09. The SMILES string of the molecule is Cc1ccc(C(c2ccccc2C)C(C)(C)C(C)(C)C)cc1. The number of hydrogen-bond acceptors (Lipinski definition) is 0. The smallest absolute Gasteiger partial charge is 0.0148 e. The van der Waals surface area contributed by atoms with Gasteiger partial charge in [-0.1, -0.05) is 88.7 Å². The van der Waals surface area contributed by atoms with Crippen LogP contribution < -0.4 is 0 Å². The minimum absolute atomic E-state index is 0.147. The van der Waals surface area contributed by atoms with Gasteiger partial charge in [-0.05, 0) is 41.4 Å². The lowest BCUT2D eigenvalue weighted by molar-refractivity contribution is 0.110. The standard InChI is InChI=1S/C22H30/c1-16-12-14-18(15-13-16)20(22(6,7)21(3,4)5)19-11-9-8-10-17(19)2/h8-15,20H,1-7H3. The van der Waals surface area contributed by atoms with Crippen molar-refractivity contribution in [3.63, 3.8) is 0 Å². The summed E-state index contributed by atoms with van der Waals surface area (Å²) in [6, 6.07) is 17.9. The highest BCUT2D eigenvalue weighted by Gasteiger charge is 2.41. The Kier molecular flexibility index (Phi) is 4.52. The second-order valence-corrected chi connectivity index (χ2v) is 8.17. The molecule has 0 heterocycles. The fraction of sp³-hybridized carbons (Fsp3) is 0.455. The second-order valence-electron chi connectivity index (χ2n) is 8.17. The summed E-state index contributed by atoms with van der Waals surface area (Å²) in [6.07, 6.45) is 0. The highest BCUT2D eigenvalue weighted by atomic mass is 14.5. The molecule has 2 rings (SSSR count). The monoisotopic (exact) mass is 294 g/mol. The van der Waals surface area contributed by atoms with Crippen molar-refractivity contribution in [1.82, 2.24) is 0 Å². The Hall–Kier alpha value is -1.56. The average molecular weight is 294 g/mol. The topological polar surface area (TPSA) is 0 Å². The third-order valence-electron chi connectivity index (χ3n) is 5.56. The van der Waals surface area contributed by atoms with Gasteiger partial charge in [0.1, 0.15) is 0 Å². The van der Waals surface area contributed by atoms with Crippen molar-refractivity contribution in [2.75, 3.05) is 0 Å². The zero-order chi connectivity index (χ0) is 16.5. The van der Waals surface area contributed by atoms with E-state index in [-0.39, 0.29) is 10.8 Å². The summed E-state index contributed by atoms with van der Waals surface area (Å²) in [5.74, 6) is 0.398. The van der Waals surface area contributed by atoms with Gasteiger partial charge in [0.25, 0.3) is 0 Å². The van der Waals surface area contributed by atoms with Crippen molar-refractivity contribution in [1.29, 1.82) is 0 Å². The summed E-state index contributed by atoms with van der Waals surface area (Å²) < 4.78 is 0. The van der Waals surface area contributed by atoms with Crippen molar-refractivity contribution in [2.24, 2.45) is 10.8 Å². The Morgan fingerprint density at radius 2 is 1.27 bits per heavy atom. The van der Waals surface area contributed by atoms with Crippen LogP contribution in [0.4, 0.5) is 0 Å². The molecule has 0 aromatic heterocycles. The molecule has 0 heteroatoms. The summed E-state index contributed by atoms with van der Waals surface area (Å²) in [5.41, 5.74) is 5.93. The van der Waals surface area contributed by atoms with Gasteiger partial charge in [0.05, 0.1) is 0 Å². The van der Waals surface area contributed by atoms with E-state index in [0.29, 0.717) is 5.92 Å². The first kappa shape index (κ1) is 16.8. The molecule has 0 saturated carbocycles. The van der Waals surface area contributed by atoms with Crippen molar-refractivity contribution >= 4 is 0 Å². The van der Waals surface area contributed by atoms with Crippen LogP contribution in [0.3, 0.4) is 0 Å². The molecule has 0 nitrogen and oxygen atoms in total. The van der Waals surface area contributed by atoms with Crippen molar-refractivity contribution in [3.05, 3.63) is 70.8 Å². The molecule has 2 aromatic carbocycles. The van der Waals surface area contributed by atoms with Gasteiger partial charge in [0.15, 0.2) is 0 Å². The van der Waals surface area contributed by atoms with E-state index in [1.165, 1.54) is 22.3 Å². The first-order chi connectivity index (χ1) is 10.1. The van der Waals surface area contributed by atoms with Crippen LogP contribution in [0.2, 0.25) is 0 Å². The summed E-state index contributed by atoms with van der Waals surface area (Å²) in [5, 5.41) is 0. The van der Waals surface area contributed by atoms with Crippen LogP contribution >= 0.6 is 0 Å². The minimum Gasteiger partial charge on any atom is -0.0620 e. The Labute approximate surface area is 136 Å². The summed E-state index contributed by atoms with van der Waals surface area (Å²) in [4.78, 5) is 0. The maximum Gasteiger partial charge on any atom is 0.0148 e.